The number of nitrogens with zero attached hydrogens (tertiary/aromatic N) is 3. The number of rotatable bonds is 4. The fraction of sp³-hybridized carbons (Fsp3) is 0.316. The first-order valence-corrected chi connectivity index (χ1v) is 9.49. The van der Waals surface area contributed by atoms with Gasteiger partial charge in [0, 0.05) is 24.0 Å². The van der Waals surface area contributed by atoms with Gasteiger partial charge in [-0.25, -0.2) is 0 Å². The molecule has 3 heterocycles. The number of carbonyl (C=O) groups excluding carboxylic acids is 1. The van der Waals surface area contributed by atoms with Gasteiger partial charge in [0.05, 0.1) is 18.6 Å². The first kappa shape index (κ1) is 16.8. The summed E-state index contributed by atoms with van der Waals surface area (Å²) in [5, 5.41) is 12.3. The average Bonchev–Trinajstić information content (AvgIpc) is 3.39. The number of hydrogen-bond acceptors (Lipinski definition) is 6. The maximum absolute atomic E-state index is 12.9. The summed E-state index contributed by atoms with van der Waals surface area (Å²) < 4.78 is 11.2. The van der Waals surface area contributed by atoms with Crippen molar-refractivity contribution in [1.29, 1.82) is 0 Å². The zero-order chi connectivity index (χ0) is 17.9. The second-order valence-electron chi connectivity index (χ2n) is 6.25. The van der Waals surface area contributed by atoms with Crippen LogP contribution in [0.4, 0.5) is 0 Å². The Morgan fingerprint density at radius 2 is 2.19 bits per heavy atom. The van der Waals surface area contributed by atoms with Gasteiger partial charge in [0.25, 0.3) is 5.91 Å². The Balaban J connectivity index is 1.52. The second-order valence-corrected chi connectivity index (χ2v) is 7.03. The predicted octanol–water partition coefficient (Wildman–Crippen LogP) is 3.83. The number of ether oxygens (including phenoxy) is 1. The van der Waals surface area contributed by atoms with E-state index >= 15 is 0 Å². The molecule has 0 spiro atoms. The van der Waals surface area contributed by atoms with E-state index in [1.54, 1.807) is 30.6 Å². The van der Waals surface area contributed by atoms with Crippen molar-refractivity contribution < 1.29 is 13.9 Å². The lowest BCUT2D eigenvalue weighted by Crippen LogP contribution is -2.39. The minimum absolute atomic E-state index is 0.0234. The smallest absolute Gasteiger partial charge is 0.257 e. The Morgan fingerprint density at radius 3 is 3.00 bits per heavy atom. The minimum Gasteiger partial charge on any atom is -0.496 e. The van der Waals surface area contributed by atoms with Gasteiger partial charge in [0.1, 0.15) is 5.75 Å². The van der Waals surface area contributed by atoms with Gasteiger partial charge in [-0.2, -0.15) is 11.3 Å². The number of methoxy groups -OCH3 is 1. The maximum Gasteiger partial charge on any atom is 0.257 e. The topological polar surface area (TPSA) is 68.5 Å². The van der Waals surface area contributed by atoms with Gasteiger partial charge in [0.15, 0.2) is 0 Å². The third-order valence-corrected chi connectivity index (χ3v) is 5.29. The molecule has 0 aliphatic carbocycles. The van der Waals surface area contributed by atoms with Crippen molar-refractivity contribution in [2.24, 2.45) is 0 Å². The molecule has 0 saturated carbocycles. The number of aromatic nitrogens is 2. The molecular weight excluding hydrogens is 350 g/mol. The Bertz CT molecular complexity index is 891. The van der Waals surface area contributed by atoms with Crippen LogP contribution in [0.15, 0.2) is 45.5 Å². The summed E-state index contributed by atoms with van der Waals surface area (Å²) in [6, 6.07) is 9.27. The summed E-state index contributed by atoms with van der Waals surface area (Å²) in [4.78, 5) is 14.8. The van der Waals surface area contributed by atoms with Crippen LogP contribution in [-0.4, -0.2) is 41.2 Å². The van der Waals surface area contributed by atoms with Gasteiger partial charge >= 0.3 is 0 Å². The van der Waals surface area contributed by atoms with Crippen molar-refractivity contribution in [2.45, 2.75) is 18.8 Å². The van der Waals surface area contributed by atoms with E-state index in [-0.39, 0.29) is 11.8 Å². The molecule has 7 heteroatoms. The van der Waals surface area contributed by atoms with Crippen LogP contribution in [0.5, 0.6) is 5.75 Å². The molecule has 0 N–H and O–H groups in total. The maximum atomic E-state index is 12.9. The largest absolute Gasteiger partial charge is 0.496 e. The number of likely N-dealkylation sites (tertiary alicyclic amines) is 1. The van der Waals surface area contributed by atoms with E-state index < -0.39 is 0 Å². The number of carbonyl (C=O) groups is 1. The van der Waals surface area contributed by atoms with Crippen molar-refractivity contribution in [3.63, 3.8) is 0 Å². The SMILES string of the molecule is COc1ccccc1C(=O)N1CCCC(c2nnc(-c3ccsc3)o2)C1. The molecule has 1 aliphatic heterocycles. The van der Waals surface area contributed by atoms with Crippen LogP contribution < -0.4 is 4.74 Å². The number of hydrogen-bond donors (Lipinski definition) is 0. The van der Waals surface area contributed by atoms with E-state index in [2.05, 4.69) is 10.2 Å². The highest BCUT2D eigenvalue weighted by Gasteiger charge is 2.30. The lowest BCUT2D eigenvalue weighted by atomic mass is 9.97. The van der Waals surface area contributed by atoms with E-state index in [0.717, 1.165) is 24.9 Å². The minimum atomic E-state index is -0.0234. The third-order valence-electron chi connectivity index (χ3n) is 4.60. The summed E-state index contributed by atoms with van der Waals surface area (Å²) in [5.74, 6) is 1.77. The van der Waals surface area contributed by atoms with Gasteiger partial charge in [-0.1, -0.05) is 12.1 Å². The van der Waals surface area contributed by atoms with Crippen LogP contribution in [0.2, 0.25) is 0 Å². The molecule has 1 amide bonds. The molecular formula is C19H19N3O3S. The van der Waals surface area contributed by atoms with Crippen LogP contribution in [0.3, 0.4) is 0 Å². The highest BCUT2D eigenvalue weighted by molar-refractivity contribution is 7.08. The van der Waals surface area contributed by atoms with E-state index in [9.17, 15) is 4.79 Å². The number of benzene rings is 1. The Morgan fingerprint density at radius 1 is 1.31 bits per heavy atom. The quantitative estimate of drug-likeness (QED) is 0.699. The van der Waals surface area contributed by atoms with Crippen molar-refractivity contribution in [3.05, 3.63) is 52.5 Å². The predicted molar refractivity (Wildman–Crippen MR) is 98.5 cm³/mol. The molecule has 1 saturated heterocycles. The zero-order valence-corrected chi connectivity index (χ0v) is 15.2. The summed E-state index contributed by atoms with van der Waals surface area (Å²) in [7, 11) is 1.58. The fourth-order valence-corrected chi connectivity index (χ4v) is 3.89. The van der Waals surface area contributed by atoms with Crippen LogP contribution >= 0.6 is 11.3 Å². The monoisotopic (exact) mass is 369 g/mol. The van der Waals surface area contributed by atoms with Crippen molar-refractivity contribution in [3.8, 4) is 17.2 Å². The lowest BCUT2D eigenvalue weighted by Gasteiger charge is -2.31. The standard InChI is InChI=1S/C19H19N3O3S/c1-24-16-7-3-2-6-15(16)19(23)22-9-4-5-13(11-22)17-20-21-18(25-17)14-8-10-26-12-14/h2-3,6-8,10,12-13H,4-5,9,11H2,1H3. The first-order chi connectivity index (χ1) is 12.8. The number of para-hydroxylation sites is 1. The Kier molecular flexibility index (Phi) is 4.71. The molecule has 1 aliphatic rings. The lowest BCUT2D eigenvalue weighted by molar-refractivity contribution is 0.0695. The second kappa shape index (κ2) is 7.29. The molecule has 0 bridgehead atoms. The summed E-state index contributed by atoms with van der Waals surface area (Å²) in [5.41, 5.74) is 1.52. The summed E-state index contributed by atoms with van der Waals surface area (Å²) >= 11 is 1.59. The molecule has 2 aromatic heterocycles. The van der Waals surface area contributed by atoms with E-state index in [4.69, 9.17) is 9.15 Å². The number of piperidine rings is 1. The van der Waals surface area contributed by atoms with Gasteiger partial charge in [-0.05, 0) is 36.4 Å². The van der Waals surface area contributed by atoms with Crippen LogP contribution in [0, 0.1) is 0 Å². The van der Waals surface area contributed by atoms with E-state index in [1.165, 1.54) is 0 Å². The third kappa shape index (κ3) is 3.22. The molecule has 1 aromatic carbocycles. The van der Waals surface area contributed by atoms with Crippen molar-refractivity contribution >= 4 is 17.2 Å². The molecule has 4 rings (SSSR count). The van der Waals surface area contributed by atoms with Crippen molar-refractivity contribution in [1.82, 2.24) is 15.1 Å². The summed E-state index contributed by atoms with van der Waals surface area (Å²) in [6.45, 7) is 1.29. The molecule has 0 radical (unpaired) electrons. The highest BCUT2D eigenvalue weighted by Crippen LogP contribution is 2.30. The molecule has 1 unspecified atom stereocenters. The fourth-order valence-electron chi connectivity index (χ4n) is 3.26. The molecule has 6 nitrogen and oxygen atoms in total. The Hall–Kier alpha value is -2.67. The molecule has 26 heavy (non-hydrogen) atoms. The van der Waals surface area contributed by atoms with Gasteiger partial charge in [0.2, 0.25) is 11.8 Å². The highest BCUT2D eigenvalue weighted by atomic mass is 32.1. The molecule has 134 valence electrons. The summed E-state index contributed by atoms with van der Waals surface area (Å²) in [6.07, 6.45) is 1.84. The Labute approximate surface area is 155 Å². The number of amides is 1. The zero-order valence-electron chi connectivity index (χ0n) is 14.4. The normalized spacial score (nSPS) is 17.3. The van der Waals surface area contributed by atoms with Crippen LogP contribution in [-0.2, 0) is 0 Å². The molecule has 1 atom stereocenters. The van der Waals surface area contributed by atoms with Crippen LogP contribution in [0.1, 0.15) is 35.0 Å². The average molecular weight is 369 g/mol. The first-order valence-electron chi connectivity index (χ1n) is 8.54. The van der Waals surface area contributed by atoms with E-state index in [0.29, 0.717) is 29.6 Å². The van der Waals surface area contributed by atoms with Gasteiger partial charge < -0.3 is 14.1 Å². The van der Waals surface area contributed by atoms with Gasteiger partial charge in [-0.15, -0.1) is 10.2 Å². The van der Waals surface area contributed by atoms with Crippen molar-refractivity contribution in [2.75, 3.05) is 20.2 Å². The molecule has 3 aromatic rings. The van der Waals surface area contributed by atoms with Crippen LogP contribution in [0.25, 0.3) is 11.5 Å². The number of thiophene rings is 1. The van der Waals surface area contributed by atoms with E-state index in [1.807, 2.05) is 33.9 Å². The molecule has 1 fully saturated rings. The van der Waals surface area contributed by atoms with Gasteiger partial charge in [-0.3, -0.25) is 4.79 Å².